The van der Waals surface area contributed by atoms with Gasteiger partial charge in [0, 0.05) is 23.3 Å². The van der Waals surface area contributed by atoms with Crippen molar-refractivity contribution in [1.29, 1.82) is 0 Å². The van der Waals surface area contributed by atoms with Crippen LogP contribution in [0.15, 0.2) is 36.4 Å². The molecule has 2 rings (SSSR count). The van der Waals surface area contributed by atoms with Crippen molar-refractivity contribution in [1.82, 2.24) is 0 Å². The van der Waals surface area contributed by atoms with Crippen molar-refractivity contribution in [3.63, 3.8) is 0 Å². The molecule has 0 radical (unpaired) electrons. The molecule has 2 aromatic rings. The first-order valence-electron chi connectivity index (χ1n) is 5.04. The van der Waals surface area contributed by atoms with E-state index >= 15 is 0 Å². The second kappa shape index (κ2) is 5.75. The van der Waals surface area contributed by atoms with E-state index in [9.17, 15) is 4.79 Å². The predicted octanol–water partition coefficient (Wildman–Crippen LogP) is 4.32. The molecule has 0 saturated heterocycles. The van der Waals surface area contributed by atoms with Gasteiger partial charge in [0.15, 0.2) is 0 Å². The van der Waals surface area contributed by atoms with E-state index in [1.165, 1.54) is 3.57 Å². The summed E-state index contributed by atoms with van der Waals surface area (Å²) in [4.78, 5) is 11.2. The molecule has 0 aliphatic carbocycles. The second-order valence-corrected chi connectivity index (χ2v) is 6.42. The molecule has 5 heteroatoms. The van der Waals surface area contributed by atoms with Crippen molar-refractivity contribution < 1.29 is 4.79 Å². The van der Waals surface area contributed by atoms with Crippen LogP contribution in [-0.2, 0) is 0 Å². The lowest BCUT2D eigenvalue weighted by atomic mass is 10.0. The zero-order valence-electron chi connectivity index (χ0n) is 9.08. The fourth-order valence-electron chi connectivity index (χ4n) is 1.56. The summed E-state index contributed by atoms with van der Waals surface area (Å²) >= 11 is 10.7. The summed E-state index contributed by atoms with van der Waals surface area (Å²) in [5, 5.41) is 0.608. The van der Waals surface area contributed by atoms with Crippen LogP contribution in [-0.4, -0.2) is 5.91 Å². The van der Waals surface area contributed by atoms with Crippen LogP contribution in [0.2, 0.25) is 5.02 Å². The second-order valence-electron chi connectivity index (χ2n) is 3.69. The van der Waals surface area contributed by atoms with E-state index in [1.54, 1.807) is 18.2 Å². The molecule has 1 amide bonds. The van der Waals surface area contributed by atoms with Crippen LogP contribution < -0.4 is 5.73 Å². The summed E-state index contributed by atoms with van der Waals surface area (Å²) in [5.41, 5.74) is 7.54. The van der Waals surface area contributed by atoms with E-state index in [2.05, 4.69) is 45.2 Å². The van der Waals surface area contributed by atoms with Crippen molar-refractivity contribution in [3.8, 4) is 11.1 Å². The van der Waals surface area contributed by atoms with Gasteiger partial charge in [0.1, 0.15) is 0 Å². The van der Waals surface area contributed by atoms with Crippen LogP contribution in [0.25, 0.3) is 11.1 Å². The third kappa shape index (κ3) is 2.97. The van der Waals surface area contributed by atoms with E-state index in [0.717, 1.165) is 14.7 Å². The number of nitrogens with two attached hydrogens (primary N) is 1. The van der Waals surface area contributed by atoms with Gasteiger partial charge >= 0.3 is 0 Å². The first kappa shape index (κ1) is 14.1. The average Bonchev–Trinajstić information content (AvgIpc) is 2.33. The zero-order chi connectivity index (χ0) is 13.3. The Balaban J connectivity index is 2.58. The Morgan fingerprint density at radius 2 is 1.78 bits per heavy atom. The molecule has 2 nitrogen and oxygen atoms in total. The lowest BCUT2D eigenvalue weighted by molar-refractivity contribution is 0.100. The van der Waals surface area contributed by atoms with Crippen LogP contribution in [0.4, 0.5) is 0 Å². The van der Waals surface area contributed by atoms with Gasteiger partial charge in [-0.1, -0.05) is 17.7 Å². The molecule has 0 aromatic heterocycles. The molecule has 0 saturated carbocycles. The molecule has 0 heterocycles. The predicted molar refractivity (Wildman–Crippen MR) is 90.8 cm³/mol. The maximum absolute atomic E-state index is 11.2. The maximum Gasteiger partial charge on any atom is 0.248 e. The normalized spacial score (nSPS) is 10.4. The maximum atomic E-state index is 11.2. The minimum atomic E-state index is -0.451. The molecule has 0 unspecified atom stereocenters. The number of hydrogen-bond acceptors (Lipinski definition) is 1. The van der Waals surface area contributed by atoms with Gasteiger partial charge in [-0.05, 0) is 81.1 Å². The fourth-order valence-corrected chi connectivity index (χ4v) is 2.64. The van der Waals surface area contributed by atoms with E-state index in [4.69, 9.17) is 17.3 Å². The monoisotopic (exact) mass is 483 g/mol. The Bertz CT molecular complexity index is 628. The number of benzene rings is 2. The Morgan fingerprint density at radius 1 is 1.06 bits per heavy atom. The van der Waals surface area contributed by atoms with E-state index in [-0.39, 0.29) is 0 Å². The zero-order valence-corrected chi connectivity index (χ0v) is 14.2. The molecule has 18 heavy (non-hydrogen) atoms. The van der Waals surface area contributed by atoms with Crippen LogP contribution in [0, 0.1) is 7.14 Å². The molecule has 0 aliphatic rings. The summed E-state index contributed by atoms with van der Waals surface area (Å²) in [7, 11) is 0. The Hall–Kier alpha value is -0.340. The number of hydrogen-bond donors (Lipinski definition) is 1. The topological polar surface area (TPSA) is 43.1 Å². The van der Waals surface area contributed by atoms with E-state index < -0.39 is 5.91 Å². The first-order valence-corrected chi connectivity index (χ1v) is 7.57. The molecule has 0 fully saturated rings. The smallest absolute Gasteiger partial charge is 0.248 e. The summed E-state index contributed by atoms with van der Waals surface area (Å²) in [6.07, 6.45) is 0. The number of rotatable bonds is 2. The first-order chi connectivity index (χ1) is 8.49. The minimum absolute atomic E-state index is 0.451. The van der Waals surface area contributed by atoms with Crippen LogP contribution in [0.1, 0.15) is 10.4 Å². The van der Waals surface area contributed by atoms with E-state index in [0.29, 0.717) is 10.6 Å². The number of primary amides is 1. The summed E-state index contributed by atoms with van der Waals surface area (Å²) < 4.78 is 2.32. The highest BCUT2D eigenvalue weighted by Gasteiger charge is 2.09. The van der Waals surface area contributed by atoms with Crippen molar-refractivity contribution >= 4 is 62.7 Å². The Morgan fingerprint density at radius 3 is 2.39 bits per heavy atom. The van der Waals surface area contributed by atoms with Crippen LogP contribution in [0.5, 0.6) is 0 Å². The SMILES string of the molecule is NC(=O)c1ccc(Cl)c(-c2ccc(I)c(I)c2)c1. The van der Waals surface area contributed by atoms with Crippen LogP contribution >= 0.6 is 56.8 Å². The number of carbonyl (C=O) groups is 1. The van der Waals surface area contributed by atoms with Gasteiger partial charge in [-0.15, -0.1) is 0 Å². The molecular formula is C13H8ClI2NO. The highest BCUT2D eigenvalue weighted by atomic mass is 127. The highest BCUT2D eigenvalue weighted by molar-refractivity contribution is 14.1. The molecular weight excluding hydrogens is 475 g/mol. The standard InChI is InChI=1S/C13H8ClI2NO/c14-10-3-1-8(13(17)18)5-9(10)7-2-4-11(15)12(16)6-7/h1-6H,(H2,17,18). The third-order valence-corrected chi connectivity index (χ3v) is 5.68. The quantitative estimate of drug-likeness (QED) is 0.636. The summed E-state index contributed by atoms with van der Waals surface area (Å²) in [5.74, 6) is -0.451. The summed E-state index contributed by atoms with van der Waals surface area (Å²) in [6.45, 7) is 0. The molecule has 0 aliphatic heterocycles. The van der Waals surface area contributed by atoms with Crippen molar-refractivity contribution in [2.75, 3.05) is 0 Å². The largest absolute Gasteiger partial charge is 0.366 e. The molecule has 0 bridgehead atoms. The molecule has 2 aromatic carbocycles. The van der Waals surface area contributed by atoms with Crippen molar-refractivity contribution in [2.45, 2.75) is 0 Å². The lowest BCUT2D eigenvalue weighted by Gasteiger charge is -2.07. The van der Waals surface area contributed by atoms with Crippen molar-refractivity contribution in [2.24, 2.45) is 5.73 Å². The third-order valence-electron chi connectivity index (χ3n) is 2.48. The van der Waals surface area contributed by atoms with Gasteiger partial charge in [0.25, 0.3) is 0 Å². The van der Waals surface area contributed by atoms with Crippen LogP contribution in [0.3, 0.4) is 0 Å². The number of amides is 1. The molecule has 0 spiro atoms. The van der Waals surface area contributed by atoms with Gasteiger partial charge in [-0.3, -0.25) is 4.79 Å². The molecule has 2 N–H and O–H groups in total. The van der Waals surface area contributed by atoms with Crippen molar-refractivity contribution in [3.05, 3.63) is 54.1 Å². The Labute approximate surface area is 137 Å². The molecule has 92 valence electrons. The minimum Gasteiger partial charge on any atom is -0.366 e. The number of halogens is 3. The van der Waals surface area contributed by atoms with Gasteiger partial charge in [-0.2, -0.15) is 0 Å². The number of carbonyl (C=O) groups excluding carboxylic acids is 1. The molecule has 0 atom stereocenters. The highest BCUT2D eigenvalue weighted by Crippen LogP contribution is 2.31. The van der Waals surface area contributed by atoms with Gasteiger partial charge in [0.05, 0.1) is 0 Å². The van der Waals surface area contributed by atoms with Gasteiger partial charge < -0.3 is 5.73 Å². The van der Waals surface area contributed by atoms with Gasteiger partial charge in [-0.25, -0.2) is 0 Å². The Kier molecular flexibility index (Phi) is 4.50. The van der Waals surface area contributed by atoms with Gasteiger partial charge in [0.2, 0.25) is 5.91 Å². The lowest BCUT2D eigenvalue weighted by Crippen LogP contribution is -2.10. The fraction of sp³-hybridized carbons (Fsp3) is 0. The van der Waals surface area contributed by atoms with E-state index in [1.807, 2.05) is 18.2 Å². The average molecular weight is 483 g/mol. The summed E-state index contributed by atoms with van der Waals surface area (Å²) in [6, 6.07) is 11.1.